The Morgan fingerprint density at radius 3 is 2.48 bits per heavy atom. The van der Waals surface area contributed by atoms with E-state index in [0.717, 1.165) is 31.6 Å². The average molecular weight is 300 g/mol. The Bertz CT molecular complexity index is 657. The molecule has 0 saturated carbocycles. The number of rotatable bonds is 3. The standard InChI is InChI=1S/C13H12F4N4/c14-7-5-8(15)12(17)13(11(7)16)18-6-10-20-19-9-3-1-2-4-21(9)10/h5,18H,1-4,6H2. The van der Waals surface area contributed by atoms with Crippen LogP contribution >= 0.6 is 0 Å². The fourth-order valence-electron chi connectivity index (χ4n) is 2.40. The molecule has 0 unspecified atom stereocenters. The topological polar surface area (TPSA) is 42.7 Å². The fraction of sp³-hybridized carbons (Fsp3) is 0.385. The van der Waals surface area contributed by atoms with E-state index in [0.29, 0.717) is 5.82 Å². The first kappa shape index (κ1) is 13.8. The van der Waals surface area contributed by atoms with Crippen LogP contribution in [0.4, 0.5) is 23.2 Å². The van der Waals surface area contributed by atoms with Gasteiger partial charge in [0.1, 0.15) is 11.5 Å². The quantitative estimate of drug-likeness (QED) is 0.700. The number of nitrogens with one attached hydrogen (secondary N) is 1. The summed E-state index contributed by atoms with van der Waals surface area (Å²) in [6.07, 6.45) is 2.78. The molecule has 0 fully saturated rings. The third-order valence-corrected chi connectivity index (χ3v) is 3.47. The minimum absolute atomic E-state index is 0.0657. The number of hydrogen-bond acceptors (Lipinski definition) is 3. The number of aromatic nitrogens is 3. The van der Waals surface area contributed by atoms with Crippen molar-refractivity contribution in [3.63, 3.8) is 0 Å². The van der Waals surface area contributed by atoms with Gasteiger partial charge in [-0.05, 0) is 12.8 Å². The van der Waals surface area contributed by atoms with Crippen molar-refractivity contribution in [2.75, 3.05) is 5.32 Å². The smallest absolute Gasteiger partial charge is 0.185 e. The number of benzene rings is 1. The summed E-state index contributed by atoms with van der Waals surface area (Å²) in [7, 11) is 0. The molecule has 1 aromatic carbocycles. The van der Waals surface area contributed by atoms with E-state index in [4.69, 9.17) is 0 Å². The highest BCUT2D eigenvalue weighted by Gasteiger charge is 2.20. The Kier molecular flexibility index (Phi) is 3.52. The molecule has 0 amide bonds. The predicted octanol–water partition coefficient (Wildman–Crippen LogP) is 2.78. The van der Waals surface area contributed by atoms with E-state index in [1.165, 1.54) is 0 Å². The van der Waals surface area contributed by atoms with Crippen molar-refractivity contribution < 1.29 is 17.6 Å². The Hall–Kier alpha value is -2.12. The van der Waals surface area contributed by atoms with Gasteiger partial charge < -0.3 is 9.88 Å². The summed E-state index contributed by atoms with van der Waals surface area (Å²) in [5, 5.41) is 10.3. The molecular formula is C13H12F4N4. The van der Waals surface area contributed by atoms with Crippen molar-refractivity contribution in [2.45, 2.75) is 32.4 Å². The summed E-state index contributed by atoms with van der Waals surface area (Å²) < 4.78 is 55.1. The Labute approximate surface area is 117 Å². The molecule has 0 atom stereocenters. The number of fused-ring (bicyclic) bond motifs is 1. The molecule has 0 spiro atoms. The summed E-state index contributed by atoms with van der Waals surface area (Å²) in [4.78, 5) is 0. The maximum atomic E-state index is 13.5. The van der Waals surface area contributed by atoms with Crippen molar-refractivity contribution in [3.05, 3.63) is 41.0 Å². The van der Waals surface area contributed by atoms with Crippen LogP contribution < -0.4 is 5.32 Å². The molecule has 4 nitrogen and oxygen atoms in total. The second kappa shape index (κ2) is 5.34. The molecule has 1 N–H and O–H groups in total. The minimum atomic E-state index is -1.45. The van der Waals surface area contributed by atoms with Gasteiger partial charge in [0.05, 0.1) is 6.54 Å². The van der Waals surface area contributed by atoms with Crippen LogP contribution in [0.15, 0.2) is 6.07 Å². The number of halogens is 4. The number of aryl methyl sites for hydroxylation is 1. The lowest BCUT2D eigenvalue weighted by atomic mass is 10.2. The first-order valence-electron chi connectivity index (χ1n) is 6.55. The SMILES string of the molecule is Fc1cc(F)c(F)c(NCc2nnc3n2CCCC3)c1F. The highest BCUT2D eigenvalue weighted by atomic mass is 19.2. The van der Waals surface area contributed by atoms with E-state index in [-0.39, 0.29) is 12.6 Å². The lowest BCUT2D eigenvalue weighted by Crippen LogP contribution is -2.16. The molecule has 1 aliphatic heterocycles. The molecule has 0 aliphatic carbocycles. The molecule has 3 rings (SSSR count). The number of nitrogens with zero attached hydrogens (tertiary/aromatic N) is 3. The zero-order valence-corrected chi connectivity index (χ0v) is 11.0. The van der Waals surface area contributed by atoms with Gasteiger partial charge in [-0.25, -0.2) is 17.6 Å². The lowest BCUT2D eigenvalue weighted by Gasteiger charge is -2.15. The third-order valence-electron chi connectivity index (χ3n) is 3.47. The average Bonchev–Trinajstić information content (AvgIpc) is 2.89. The van der Waals surface area contributed by atoms with Crippen molar-refractivity contribution in [3.8, 4) is 0 Å². The zero-order valence-electron chi connectivity index (χ0n) is 11.0. The maximum Gasteiger partial charge on any atom is 0.185 e. The first-order chi connectivity index (χ1) is 10.1. The first-order valence-corrected chi connectivity index (χ1v) is 6.55. The molecule has 112 valence electrons. The molecule has 2 heterocycles. The summed E-state index contributed by atoms with van der Waals surface area (Å²) in [5.41, 5.74) is -0.833. The summed E-state index contributed by atoms with van der Waals surface area (Å²) >= 11 is 0. The van der Waals surface area contributed by atoms with Crippen molar-refractivity contribution in [1.82, 2.24) is 14.8 Å². The monoisotopic (exact) mass is 300 g/mol. The van der Waals surface area contributed by atoms with E-state index >= 15 is 0 Å². The van der Waals surface area contributed by atoms with Crippen LogP contribution in [0.5, 0.6) is 0 Å². The van der Waals surface area contributed by atoms with Crippen LogP contribution in [0, 0.1) is 23.3 Å². The molecule has 0 radical (unpaired) electrons. The summed E-state index contributed by atoms with van der Waals surface area (Å²) in [6, 6.07) is 0.175. The lowest BCUT2D eigenvalue weighted by molar-refractivity contribution is 0.457. The van der Waals surface area contributed by atoms with Crippen LogP contribution in [0.3, 0.4) is 0 Å². The highest BCUT2D eigenvalue weighted by molar-refractivity contribution is 5.47. The molecule has 2 aromatic rings. The van der Waals surface area contributed by atoms with Crippen molar-refractivity contribution in [1.29, 1.82) is 0 Å². The predicted molar refractivity (Wildman–Crippen MR) is 66.6 cm³/mol. The van der Waals surface area contributed by atoms with Gasteiger partial charge in [-0.1, -0.05) is 0 Å². The van der Waals surface area contributed by atoms with Crippen LogP contribution in [-0.4, -0.2) is 14.8 Å². The molecule has 0 saturated heterocycles. The van der Waals surface area contributed by atoms with Crippen LogP contribution in [-0.2, 0) is 19.5 Å². The van der Waals surface area contributed by atoms with E-state index in [1.807, 2.05) is 4.57 Å². The van der Waals surface area contributed by atoms with Crippen molar-refractivity contribution >= 4 is 5.69 Å². The van der Waals surface area contributed by atoms with Gasteiger partial charge in [-0.3, -0.25) is 0 Å². The molecule has 0 bridgehead atoms. The van der Waals surface area contributed by atoms with Crippen LogP contribution in [0.1, 0.15) is 24.5 Å². The normalized spacial score (nSPS) is 14.1. The van der Waals surface area contributed by atoms with Gasteiger partial charge >= 0.3 is 0 Å². The Morgan fingerprint density at radius 2 is 1.76 bits per heavy atom. The van der Waals surface area contributed by atoms with E-state index < -0.39 is 29.0 Å². The number of hydrogen-bond donors (Lipinski definition) is 1. The van der Waals surface area contributed by atoms with E-state index in [1.54, 1.807) is 0 Å². The molecular weight excluding hydrogens is 288 g/mol. The van der Waals surface area contributed by atoms with Gasteiger partial charge in [0.25, 0.3) is 0 Å². The third kappa shape index (κ3) is 2.45. The largest absolute Gasteiger partial charge is 0.373 e. The molecule has 1 aliphatic rings. The van der Waals surface area contributed by atoms with Crippen LogP contribution in [0.25, 0.3) is 0 Å². The number of anilines is 1. The van der Waals surface area contributed by atoms with Crippen LogP contribution in [0.2, 0.25) is 0 Å². The Morgan fingerprint density at radius 1 is 1.05 bits per heavy atom. The summed E-state index contributed by atoms with van der Waals surface area (Å²) in [5.74, 6) is -4.50. The van der Waals surface area contributed by atoms with E-state index in [2.05, 4.69) is 15.5 Å². The highest BCUT2D eigenvalue weighted by Crippen LogP contribution is 2.25. The second-order valence-corrected chi connectivity index (χ2v) is 4.84. The zero-order chi connectivity index (χ0) is 15.0. The molecule has 1 aromatic heterocycles. The van der Waals surface area contributed by atoms with Gasteiger partial charge in [0.15, 0.2) is 29.1 Å². The molecule has 21 heavy (non-hydrogen) atoms. The van der Waals surface area contributed by atoms with Gasteiger partial charge in [0, 0.05) is 19.0 Å². The second-order valence-electron chi connectivity index (χ2n) is 4.84. The minimum Gasteiger partial charge on any atom is -0.373 e. The Balaban J connectivity index is 1.84. The van der Waals surface area contributed by atoms with Gasteiger partial charge in [-0.2, -0.15) is 0 Å². The fourth-order valence-corrected chi connectivity index (χ4v) is 2.40. The maximum absolute atomic E-state index is 13.5. The van der Waals surface area contributed by atoms with Crippen molar-refractivity contribution in [2.24, 2.45) is 0 Å². The molecule has 8 heteroatoms. The summed E-state index contributed by atoms with van der Waals surface area (Å²) in [6.45, 7) is 0.658. The van der Waals surface area contributed by atoms with E-state index in [9.17, 15) is 17.6 Å². The van der Waals surface area contributed by atoms with Gasteiger partial charge in [0.2, 0.25) is 0 Å². The van der Waals surface area contributed by atoms with Gasteiger partial charge in [-0.15, -0.1) is 10.2 Å².